The van der Waals surface area contributed by atoms with E-state index < -0.39 is 17.2 Å². The summed E-state index contributed by atoms with van der Waals surface area (Å²) >= 11 is 0. The Hall–Kier alpha value is -3.73. The van der Waals surface area contributed by atoms with E-state index in [9.17, 15) is 9.18 Å². The Balaban J connectivity index is 1.54. The van der Waals surface area contributed by atoms with Gasteiger partial charge in [0, 0.05) is 43.2 Å². The van der Waals surface area contributed by atoms with Gasteiger partial charge in [0.2, 0.25) is 5.88 Å². The molecule has 4 heterocycles. The molecule has 0 aliphatic carbocycles. The summed E-state index contributed by atoms with van der Waals surface area (Å²) in [6.45, 7) is 10.3. The highest BCUT2D eigenvalue weighted by atomic mass is 19.1. The third kappa shape index (κ3) is 6.21. The van der Waals surface area contributed by atoms with Gasteiger partial charge in [0.25, 0.3) is 0 Å². The standard InChI is InChI=1S/C31H39F2N5O4/c1-19-17-37(30(39)42-31(2,3)4)13-14-38(19)24-16-26(41-18-20-9-8-12-36(20)5)34-29-21(24)15-23(33)28(35-29)27-22(32)10-7-11-25(27)40-6/h7,10-11,15-16,19-20H,8-9,12-14,17-18H2,1-6H3/t19-,20+/m1/s1. The van der Waals surface area contributed by atoms with Crippen LogP contribution in [0, 0.1) is 11.6 Å². The van der Waals surface area contributed by atoms with E-state index in [1.165, 1.54) is 25.3 Å². The Morgan fingerprint density at radius 1 is 1.10 bits per heavy atom. The fraction of sp³-hybridized carbons (Fsp3) is 0.516. The highest BCUT2D eigenvalue weighted by Crippen LogP contribution is 2.38. The molecular weight excluding hydrogens is 544 g/mol. The van der Waals surface area contributed by atoms with Crippen molar-refractivity contribution in [3.8, 4) is 22.9 Å². The predicted octanol–water partition coefficient (Wildman–Crippen LogP) is 5.50. The number of likely N-dealkylation sites (tertiary alicyclic amines) is 1. The SMILES string of the molecule is COc1cccc(F)c1-c1nc2nc(OC[C@@H]3CCCN3C)cc(N3CCN(C(=O)OC(C)(C)C)C[C@H]3C)c2cc1F. The smallest absolute Gasteiger partial charge is 0.410 e. The minimum absolute atomic E-state index is 0.0685. The van der Waals surface area contributed by atoms with Gasteiger partial charge in [0.15, 0.2) is 11.5 Å². The van der Waals surface area contributed by atoms with Gasteiger partial charge in [0.05, 0.1) is 18.4 Å². The summed E-state index contributed by atoms with van der Waals surface area (Å²) in [4.78, 5) is 28.0. The number of hydrogen-bond donors (Lipinski definition) is 0. The molecule has 11 heteroatoms. The number of benzene rings is 1. The van der Waals surface area contributed by atoms with Gasteiger partial charge < -0.3 is 28.9 Å². The van der Waals surface area contributed by atoms with Crippen LogP contribution in [-0.4, -0.2) is 90.5 Å². The van der Waals surface area contributed by atoms with Gasteiger partial charge in [-0.1, -0.05) is 6.07 Å². The van der Waals surface area contributed by atoms with Crippen LogP contribution in [0.2, 0.25) is 0 Å². The van der Waals surface area contributed by atoms with Gasteiger partial charge in [-0.15, -0.1) is 0 Å². The lowest BCUT2D eigenvalue weighted by molar-refractivity contribution is 0.0219. The Morgan fingerprint density at radius 2 is 1.88 bits per heavy atom. The molecule has 3 aromatic rings. The average Bonchev–Trinajstić information content (AvgIpc) is 3.34. The lowest BCUT2D eigenvalue weighted by Crippen LogP contribution is -2.54. The van der Waals surface area contributed by atoms with Crippen molar-refractivity contribution in [2.24, 2.45) is 0 Å². The number of amides is 1. The number of nitrogens with zero attached hydrogens (tertiary/aromatic N) is 5. The number of piperazine rings is 1. The van der Waals surface area contributed by atoms with Gasteiger partial charge >= 0.3 is 6.09 Å². The van der Waals surface area contributed by atoms with Crippen molar-refractivity contribution in [3.63, 3.8) is 0 Å². The molecule has 0 spiro atoms. The summed E-state index contributed by atoms with van der Waals surface area (Å²) in [7, 11) is 3.47. The molecule has 0 N–H and O–H groups in total. The van der Waals surface area contributed by atoms with E-state index in [4.69, 9.17) is 14.2 Å². The molecule has 2 atom stereocenters. The van der Waals surface area contributed by atoms with Crippen LogP contribution < -0.4 is 14.4 Å². The first kappa shape index (κ1) is 29.8. The molecule has 42 heavy (non-hydrogen) atoms. The second-order valence-electron chi connectivity index (χ2n) is 12.0. The third-order valence-electron chi connectivity index (χ3n) is 7.82. The zero-order valence-electron chi connectivity index (χ0n) is 25.1. The zero-order chi connectivity index (χ0) is 30.2. The number of hydrogen-bond acceptors (Lipinski definition) is 8. The van der Waals surface area contributed by atoms with Crippen LogP contribution in [0.5, 0.6) is 11.6 Å². The molecule has 2 aliphatic rings. The molecule has 0 bridgehead atoms. The van der Waals surface area contributed by atoms with Crippen molar-refractivity contribution < 1.29 is 27.8 Å². The summed E-state index contributed by atoms with van der Waals surface area (Å²) in [5, 5.41) is 0.467. The highest BCUT2D eigenvalue weighted by molar-refractivity contribution is 5.92. The Kier molecular flexibility index (Phi) is 8.41. The van der Waals surface area contributed by atoms with Gasteiger partial charge in [-0.05, 0) is 72.3 Å². The first-order valence-corrected chi connectivity index (χ1v) is 14.4. The van der Waals surface area contributed by atoms with Crippen molar-refractivity contribution in [1.29, 1.82) is 0 Å². The summed E-state index contributed by atoms with van der Waals surface area (Å²) in [6, 6.07) is 7.59. The Labute approximate surface area is 245 Å². The van der Waals surface area contributed by atoms with Crippen LogP contribution in [0.15, 0.2) is 30.3 Å². The van der Waals surface area contributed by atoms with Crippen molar-refractivity contribution >= 4 is 22.8 Å². The minimum Gasteiger partial charge on any atom is -0.496 e. The van der Waals surface area contributed by atoms with Gasteiger partial charge in [0.1, 0.15) is 29.5 Å². The summed E-state index contributed by atoms with van der Waals surface area (Å²) < 4.78 is 47.8. The number of anilines is 1. The maximum absolute atomic E-state index is 15.7. The summed E-state index contributed by atoms with van der Waals surface area (Å²) in [5.74, 6) is -0.825. The number of likely N-dealkylation sites (N-methyl/N-ethyl adjacent to an activating group) is 1. The van der Waals surface area contributed by atoms with E-state index in [0.717, 1.165) is 19.4 Å². The zero-order valence-corrected chi connectivity index (χ0v) is 25.1. The van der Waals surface area contributed by atoms with E-state index in [1.807, 2.05) is 27.7 Å². The fourth-order valence-corrected chi connectivity index (χ4v) is 5.65. The predicted molar refractivity (Wildman–Crippen MR) is 157 cm³/mol. The van der Waals surface area contributed by atoms with Crippen LogP contribution in [0.1, 0.15) is 40.5 Å². The molecule has 2 aromatic heterocycles. The number of ether oxygens (including phenoxy) is 3. The minimum atomic E-state index is -0.699. The normalized spacial score (nSPS) is 19.8. The second kappa shape index (κ2) is 11.9. The van der Waals surface area contributed by atoms with Crippen LogP contribution in [-0.2, 0) is 4.74 Å². The molecule has 5 rings (SSSR count). The van der Waals surface area contributed by atoms with Crippen LogP contribution in [0.4, 0.5) is 19.3 Å². The molecule has 2 aliphatic heterocycles. The first-order valence-electron chi connectivity index (χ1n) is 14.4. The van der Waals surface area contributed by atoms with Crippen molar-refractivity contribution in [2.75, 3.05) is 51.8 Å². The molecule has 0 radical (unpaired) electrons. The van der Waals surface area contributed by atoms with Crippen LogP contribution >= 0.6 is 0 Å². The molecule has 1 aromatic carbocycles. The lowest BCUT2D eigenvalue weighted by Gasteiger charge is -2.41. The number of carbonyl (C=O) groups excluding carboxylic acids is 1. The largest absolute Gasteiger partial charge is 0.496 e. The number of methoxy groups -OCH3 is 1. The summed E-state index contributed by atoms with van der Waals surface area (Å²) in [5.41, 5.74) is 0.0582. The molecule has 2 saturated heterocycles. The molecular formula is C31H39F2N5O4. The third-order valence-corrected chi connectivity index (χ3v) is 7.82. The molecule has 0 unspecified atom stereocenters. The van der Waals surface area contributed by atoms with Crippen molar-refractivity contribution in [1.82, 2.24) is 19.8 Å². The molecule has 0 saturated carbocycles. The number of pyridine rings is 2. The summed E-state index contributed by atoms with van der Waals surface area (Å²) in [6.07, 6.45) is 1.77. The Morgan fingerprint density at radius 3 is 2.55 bits per heavy atom. The van der Waals surface area contributed by atoms with Gasteiger partial charge in [-0.25, -0.2) is 18.6 Å². The lowest BCUT2D eigenvalue weighted by atomic mass is 10.1. The maximum atomic E-state index is 15.7. The first-order chi connectivity index (χ1) is 19.9. The quantitative estimate of drug-likeness (QED) is 0.376. The van der Waals surface area contributed by atoms with E-state index >= 15 is 4.39 Å². The number of aromatic nitrogens is 2. The molecule has 1 amide bonds. The van der Waals surface area contributed by atoms with E-state index in [-0.39, 0.29) is 40.8 Å². The van der Waals surface area contributed by atoms with E-state index in [0.29, 0.717) is 43.2 Å². The highest BCUT2D eigenvalue weighted by Gasteiger charge is 2.32. The van der Waals surface area contributed by atoms with Crippen LogP contribution in [0.3, 0.4) is 0 Å². The van der Waals surface area contributed by atoms with Crippen LogP contribution in [0.25, 0.3) is 22.3 Å². The van der Waals surface area contributed by atoms with E-state index in [2.05, 4.69) is 26.8 Å². The second-order valence-corrected chi connectivity index (χ2v) is 12.0. The van der Waals surface area contributed by atoms with Crippen molar-refractivity contribution in [2.45, 2.75) is 58.2 Å². The molecule has 2 fully saturated rings. The fourth-order valence-electron chi connectivity index (χ4n) is 5.65. The van der Waals surface area contributed by atoms with Gasteiger partial charge in [-0.3, -0.25) is 0 Å². The number of rotatable bonds is 6. The number of carbonyl (C=O) groups is 1. The van der Waals surface area contributed by atoms with Gasteiger partial charge in [-0.2, -0.15) is 4.98 Å². The molecule has 9 nitrogen and oxygen atoms in total. The van der Waals surface area contributed by atoms with E-state index in [1.54, 1.807) is 17.0 Å². The van der Waals surface area contributed by atoms with Crippen molar-refractivity contribution in [3.05, 3.63) is 42.0 Å². The monoisotopic (exact) mass is 583 g/mol. The number of fused-ring (bicyclic) bond motifs is 1. The molecule has 226 valence electrons. The topological polar surface area (TPSA) is 80.3 Å². The average molecular weight is 584 g/mol. The maximum Gasteiger partial charge on any atom is 0.410 e. The Bertz CT molecular complexity index is 1460. The number of halogens is 2.